The Hall–Kier alpha value is -3.27. The van der Waals surface area contributed by atoms with Crippen LogP contribution < -0.4 is 5.32 Å². The van der Waals surface area contributed by atoms with Gasteiger partial charge in [0.05, 0.1) is 18.1 Å². The molecule has 2 aromatic heterocycles. The molecule has 4 aromatic rings. The van der Waals surface area contributed by atoms with Crippen LogP contribution in [0.2, 0.25) is 0 Å². The molecule has 2 aromatic carbocycles. The van der Waals surface area contributed by atoms with E-state index in [1.54, 1.807) is 12.5 Å². The third-order valence-corrected chi connectivity index (χ3v) is 4.26. The monoisotopic (exact) mass is 330 g/mol. The van der Waals surface area contributed by atoms with Gasteiger partial charge >= 0.3 is 0 Å². The minimum absolute atomic E-state index is 0.0794. The molecule has 0 radical (unpaired) electrons. The Morgan fingerprint density at radius 1 is 0.960 bits per heavy atom. The molecule has 124 valence electrons. The predicted octanol–water partition coefficient (Wildman–Crippen LogP) is 4.21. The van der Waals surface area contributed by atoms with Crippen molar-refractivity contribution in [2.24, 2.45) is 0 Å². The highest BCUT2D eigenvalue weighted by atomic mass is 16.3. The van der Waals surface area contributed by atoms with Crippen molar-refractivity contribution in [1.29, 1.82) is 0 Å². The second-order valence-corrected chi connectivity index (χ2v) is 5.99. The first-order valence-corrected chi connectivity index (χ1v) is 8.22. The molecule has 0 fully saturated rings. The summed E-state index contributed by atoms with van der Waals surface area (Å²) in [6.07, 6.45) is 5.18. The molecule has 4 rings (SSSR count). The number of nitrogens with zero attached hydrogens (tertiary/aromatic N) is 1. The zero-order valence-electron chi connectivity index (χ0n) is 13.7. The number of rotatable bonds is 5. The van der Waals surface area contributed by atoms with Gasteiger partial charge in [-0.05, 0) is 17.7 Å². The Morgan fingerprint density at radius 3 is 2.56 bits per heavy atom. The van der Waals surface area contributed by atoms with E-state index >= 15 is 0 Å². The average Bonchev–Trinajstić information content (AvgIpc) is 3.29. The van der Waals surface area contributed by atoms with Crippen molar-refractivity contribution >= 4 is 16.8 Å². The number of fused-ring (bicyclic) bond motifs is 1. The molecule has 0 unspecified atom stereocenters. The van der Waals surface area contributed by atoms with Crippen LogP contribution in [0.25, 0.3) is 10.9 Å². The van der Waals surface area contributed by atoms with Crippen molar-refractivity contribution < 1.29 is 9.21 Å². The molecule has 4 nitrogen and oxygen atoms in total. The van der Waals surface area contributed by atoms with E-state index in [4.69, 9.17) is 4.42 Å². The summed E-state index contributed by atoms with van der Waals surface area (Å²) in [5.74, 6) is -0.0794. The quantitative estimate of drug-likeness (QED) is 0.596. The first-order chi connectivity index (χ1) is 12.3. The van der Waals surface area contributed by atoms with Gasteiger partial charge < -0.3 is 14.3 Å². The van der Waals surface area contributed by atoms with E-state index in [0.29, 0.717) is 12.1 Å². The zero-order valence-corrected chi connectivity index (χ0v) is 13.7. The first kappa shape index (κ1) is 15.3. The normalized spacial score (nSPS) is 10.9. The van der Waals surface area contributed by atoms with Crippen LogP contribution in [0.3, 0.4) is 0 Å². The number of carbonyl (C=O) groups excluding carboxylic acids is 1. The maximum absolute atomic E-state index is 12.7. The fourth-order valence-corrected chi connectivity index (χ4v) is 3.01. The smallest absolute Gasteiger partial charge is 0.253 e. The Bertz CT molecular complexity index is 985. The van der Waals surface area contributed by atoms with Crippen molar-refractivity contribution in [2.75, 3.05) is 0 Å². The Morgan fingerprint density at radius 2 is 1.76 bits per heavy atom. The van der Waals surface area contributed by atoms with Crippen molar-refractivity contribution in [3.63, 3.8) is 0 Å². The molecule has 0 bridgehead atoms. The van der Waals surface area contributed by atoms with Gasteiger partial charge in [0.2, 0.25) is 0 Å². The van der Waals surface area contributed by atoms with Gasteiger partial charge in [0, 0.05) is 35.8 Å². The summed E-state index contributed by atoms with van der Waals surface area (Å²) >= 11 is 0. The molecule has 0 aliphatic carbocycles. The topological polar surface area (TPSA) is 47.2 Å². The Labute approximate surface area is 145 Å². The number of furan rings is 1. The lowest BCUT2D eigenvalue weighted by Crippen LogP contribution is -2.22. The van der Waals surface area contributed by atoms with Crippen LogP contribution in [0.5, 0.6) is 0 Å². The fraction of sp³-hybridized carbons (Fsp3) is 0.0952. The number of amides is 1. The summed E-state index contributed by atoms with van der Waals surface area (Å²) in [7, 11) is 0. The lowest BCUT2D eigenvalue weighted by atomic mass is 10.1. The van der Waals surface area contributed by atoms with E-state index < -0.39 is 0 Å². The molecule has 0 saturated heterocycles. The summed E-state index contributed by atoms with van der Waals surface area (Å²) in [6, 6.07) is 20.1. The molecule has 0 aliphatic rings. The third kappa shape index (κ3) is 3.19. The minimum Gasteiger partial charge on any atom is -0.472 e. The van der Waals surface area contributed by atoms with E-state index in [-0.39, 0.29) is 5.91 Å². The number of para-hydroxylation sites is 1. The molecule has 0 spiro atoms. The van der Waals surface area contributed by atoms with Gasteiger partial charge in [-0.1, -0.05) is 48.5 Å². The van der Waals surface area contributed by atoms with Crippen LogP contribution in [0.4, 0.5) is 0 Å². The predicted molar refractivity (Wildman–Crippen MR) is 97.4 cm³/mol. The van der Waals surface area contributed by atoms with E-state index in [1.165, 1.54) is 5.56 Å². The summed E-state index contributed by atoms with van der Waals surface area (Å²) in [5.41, 5.74) is 3.89. The fourth-order valence-electron chi connectivity index (χ4n) is 3.01. The molecule has 1 amide bonds. The zero-order chi connectivity index (χ0) is 17.1. The van der Waals surface area contributed by atoms with E-state index in [0.717, 1.165) is 23.0 Å². The SMILES string of the molecule is O=C(NCc1ccoc1)c1cn(Cc2ccccc2)c2ccccc12. The van der Waals surface area contributed by atoms with Crippen molar-refractivity contribution in [3.05, 3.63) is 96.1 Å². The van der Waals surface area contributed by atoms with E-state index in [1.807, 2.05) is 54.7 Å². The molecule has 4 heteroatoms. The standard InChI is InChI=1S/C21H18N2O2/c24-21(22-12-17-10-11-25-15-17)19-14-23(13-16-6-2-1-3-7-16)20-9-5-4-8-18(19)20/h1-11,14-15H,12-13H2,(H,22,24). The van der Waals surface area contributed by atoms with Crippen LogP contribution in [0.15, 0.2) is 83.8 Å². The summed E-state index contributed by atoms with van der Waals surface area (Å²) in [4.78, 5) is 12.7. The molecule has 0 saturated carbocycles. The molecular weight excluding hydrogens is 312 g/mol. The van der Waals surface area contributed by atoms with Gasteiger partial charge in [-0.25, -0.2) is 0 Å². The number of benzene rings is 2. The second-order valence-electron chi connectivity index (χ2n) is 5.99. The molecule has 2 heterocycles. The minimum atomic E-state index is -0.0794. The van der Waals surface area contributed by atoms with Gasteiger partial charge in [-0.2, -0.15) is 0 Å². The summed E-state index contributed by atoms with van der Waals surface area (Å²) < 4.78 is 7.16. The van der Waals surface area contributed by atoms with Gasteiger partial charge in [-0.15, -0.1) is 0 Å². The highest BCUT2D eigenvalue weighted by Crippen LogP contribution is 2.22. The van der Waals surface area contributed by atoms with E-state index in [9.17, 15) is 4.79 Å². The van der Waals surface area contributed by atoms with Crippen LogP contribution >= 0.6 is 0 Å². The first-order valence-electron chi connectivity index (χ1n) is 8.22. The number of aromatic nitrogens is 1. The van der Waals surface area contributed by atoms with Crippen molar-refractivity contribution in [2.45, 2.75) is 13.1 Å². The molecular formula is C21H18N2O2. The number of nitrogens with one attached hydrogen (secondary N) is 1. The van der Waals surface area contributed by atoms with Crippen LogP contribution in [-0.2, 0) is 13.1 Å². The van der Waals surface area contributed by atoms with Gasteiger partial charge in [0.25, 0.3) is 5.91 Å². The number of hydrogen-bond donors (Lipinski definition) is 1. The summed E-state index contributed by atoms with van der Waals surface area (Å²) in [6.45, 7) is 1.18. The maximum Gasteiger partial charge on any atom is 0.253 e. The van der Waals surface area contributed by atoms with Crippen LogP contribution in [0, 0.1) is 0 Å². The summed E-state index contributed by atoms with van der Waals surface area (Å²) in [5, 5.41) is 3.92. The lowest BCUT2D eigenvalue weighted by molar-refractivity contribution is 0.0952. The van der Waals surface area contributed by atoms with Crippen LogP contribution in [-0.4, -0.2) is 10.5 Å². The highest BCUT2D eigenvalue weighted by Gasteiger charge is 2.15. The van der Waals surface area contributed by atoms with Crippen LogP contribution in [0.1, 0.15) is 21.5 Å². The van der Waals surface area contributed by atoms with E-state index in [2.05, 4.69) is 22.0 Å². The highest BCUT2D eigenvalue weighted by molar-refractivity contribution is 6.07. The molecule has 25 heavy (non-hydrogen) atoms. The molecule has 0 atom stereocenters. The molecule has 0 aliphatic heterocycles. The Kier molecular flexibility index (Phi) is 4.09. The lowest BCUT2D eigenvalue weighted by Gasteiger charge is -2.05. The number of carbonyl (C=O) groups is 1. The van der Waals surface area contributed by atoms with Gasteiger partial charge in [0.1, 0.15) is 0 Å². The van der Waals surface area contributed by atoms with Gasteiger partial charge in [0.15, 0.2) is 0 Å². The largest absolute Gasteiger partial charge is 0.472 e. The number of hydrogen-bond acceptors (Lipinski definition) is 2. The maximum atomic E-state index is 12.7. The second kappa shape index (κ2) is 6.69. The third-order valence-electron chi connectivity index (χ3n) is 4.26. The molecule has 1 N–H and O–H groups in total. The average molecular weight is 330 g/mol. The Balaban J connectivity index is 1.63. The van der Waals surface area contributed by atoms with Crippen molar-refractivity contribution in [3.8, 4) is 0 Å². The van der Waals surface area contributed by atoms with Gasteiger partial charge in [-0.3, -0.25) is 4.79 Å². The van der Waals surface area contributed by atoms with Crippen molar-refractivity contribution in [1.82, 2.24) is 9.88 Å².